The van der Waals surface area contributed by atoms with Crippen LogP contribution in [0, 0.1) is 12.3 Å². The van der Waals surface area contributed by atoms with E-state index in [2.05, 4.69) is 31.1 Å². The van der Waals surface area contributed by atoms with Crippen molar-refractivity contribution in [2.24, 2.45) is 5.41 Å². The van der Waals surface area contributed by atoms with Crippen LogP contribution in [0.25, 0.3) is 0 Å². The number of aryl methyl sites for hydroxylation is 1. The van der Waals surface area contributed by atoms with Gasteiger partial charge in [-0.2, -0.15) is 0 Å². The molecule has 5 nitrogen and oxygen atoms in total. The summed E-state index contributed by atoms with van der Waals surface area (Å²) in [6, 6.07) is 0. The third-order valence-corrected chi connectivity index (χ3v) is 2.52. The van der Waals surface area contributed by atoms with E-state index < -0.39 is 5.97 Å². The summed E-state index contributed by atoms with van der Waals surface area (Å²) in [7, 11) is 0. The Bertz CT molecular complexity index is 391. The monoisotopic (exact) mass is 239 g/mol. The summed E-state index contributed by atoms with van der Waals surface area (Å²) >= 11 is 0. The van der Waals surface area contributed by atoms with Gasteiger partial charge in [-0.25, -0.2) is 9.48 Å². The van der Waals surface area contributed by atoms with Gasteiger partial charge in [-0.3, -0.25) is 0 Å². The van der Waals surface area contributed by atoms with Crippen molar-refractivity contribution >= 4 is 5.97 Å². The summed E-state index contributed by atoms with van der Waals surface area (Å²) in [5.41, 5.74) is 1.33. The lowest BCUT2D eigenvalue weighted by Crippen LogP contribution is -2.13. The van der Waals surface area contributed by atoms with Crippen LogP contribution in [0.15, 0.2) is 0 Å². The van der Waals surface area contributed by atoms with Crippen molar-refractivity contribution in [3.05, 3.63) is 11.4 Å². The van der Waals surface area contributed by atoms with Crippen LogP contribution in [0.5, 0.6) is 0 Å². The quantitative estimate of drug-likeness (QED) is 0.756. The van der Waals surface area contributed by atoms with Crippen molar-refractivity contribution in [2.75, 3.05) is 6.61 Å². The molecule has 0 N–H and O–H groups in total. The Morgan fingerprint density at radius 1 is 1.41 bits per heavy atom. The van der Waals surface area contributed by atoms with Crippen LogP contribution in [0.4, 0.5) is 0 Å². The molecule has 0 unspecified atom stereocenters. The van der Waals surface area contributed by atoms with Crippen molar-refractivity contribution in [1.82, 2.24) is 15.0 Å². The highest BCUT2D eigenvalue weighted by Crippen LogP contribution is 2.19. The molecule has 96 valence electrons. The number of carbonyl (C=O) groups excluding carboxylic acids is 1. The largest absolute Gasteiger partial charge is 0.461 e. The summed E-state index contributed by atoms with van der Waals surface area (Å²) in [5.74, 6) is -0.396. The summed E-state index contributed by atoms with van der Waals surface area (Å²) in [5, 5.41) is 7.86. The number of ether oxygens (including phenoxy) is 1. The predicted molar refractivity (Wildman–Crippen MR) is 64.8 cm³/mol. The van der Waals surface area contributed by atoms with E-state index in [0.29, 0.717) is 12.3 Å². The number of hydrogen-bond acceptors (Lipinski definition) is 4. The molecule has 1 aromatic rings. The zero-order chi connectivity index (χ0) is 13.1. The molecule has 0 saturated carbocycles. The average Bonchev–Trinajstić information content (AvgIpc) is 2.56. The first-order valence-corrected chi connectivity index (χ1v) is 5.92. The van der Waals surface area contributed by atoms with Gasteiger partial charge < -0.3 is 4.74 Å². The van der Waals surface area contributed by atoms with E-state index in [1.54, 1.807) is 11.6 Å². The van der Waals surface area contributed by atoms with Crippen molar-refractivity contribution in [1.29, 1.82) is 0 Å². The number of carbonyl (C=O) groups is 1. The maximum Gasteiger partial charge on any atom is 0.360 e. The number of rotatable bonds is 4. The topological polar surface area (TPSA) is 57.0 Å². The highest BCUT2D eigenvalue weighted by Gasteiger charge is 2.18. The minimum Gasteiger partial charge on any atom is -0.461 e. The normalized spacial score (nSPS) is 11.6. The highest BCUT2D eigenvalue weighted by molar-refractivity contribution is 5.88. The molecule has 0 radical (unpaired) electrons. The Morgan fingerprint density at radius 2 is 2.06 bits per heavy atom. The maximum absolute atomic E-state index is 11.5. The standard InChI is InChI=1S/C12H21N3O2/c1-6-17-11(16)10-9(2)15(14-13-10)8-7-12(3,4)5/h6-8H2,1-5H3. The van der Waals surface area contributed by atoms with Gasteiger partial charge in [-0.05, 0) is 25.7 Å². The fraction of sp³-hybridized carbons (Fsp3) is 0.750. The second kappa shape index (κ2) is 5.29. The number of aromatic nitrogens is 3. The molecule has 0 aromatic carbocycles. The van der Waals surface area contributed by atoms with E-state index in [1.807, 2.05) is 6.92 Å². The lowest BCUT2D eigenvalue weighted by atomic mass is 9.92. The first kappa shape index (κ1) is 13.7. The summed E-state index contributed by atoms with van der Waals surface area (Å²) in [6.07, 6.45) is 0.986. The predicted octanol–water partition coefficient (Wildman–Crippen LogP) is 2.20. The van der Waals surface area contributed by atoms with E-state index >= 15 is 0 Å². The second-order valence-electron chi connectivity index (χ2n) is 5.28. The molecule has 1 rings (SSSR count). The second-order valence-corrected chi connectivity index (χ2v) is 5.28. The zero-order valence-corrected chi connectivity index (χ0v) is 11.3. The summed E-state index contributed by atoms with van der Waals surface area (Å²) in [6.45, 7) is 11.3. The lowest BCUT2D eigenvalue weighted by Gasteiger charge is -2.17. The van der Waals surface area contributed by atoms with Gasteiger partial charge >= 0.3 is 5.97 Å². The third kappa shape index (κ3) is 3.84. The molecule has 1 aromatic heterocycles. The first-order chi connectivity index (χ1) is 7.85. The van der Waals surface area contributed by atoms with Gasteiger partial charge in [0.25, 0.3) is 0 Å². The third-order valence-electron chi connectivity index (χ3n) is 2.52. The number of esters is 1. The molecule has 0 fully saturated rings. The Labute approximate surface area is 102 Å². The minimum atomic E-state index is -0.396. The molecule has 0 spiro atoms. The van der Waals surface area contributed by atoms with Crippen LogP contribution in [0.1, 0.15) is 50.3 Å². The van der Waals surface area contributed by atoms with Gasteiger partial charge in [0.15, 0.2) is 5.69 Å². The number of nitrogens with zero attached hydrogens (tertiary/aromatic N) is 3. The van der Waals surface area contributed by atoms with Crippen LogP contribution in [0.2, 0.25) is 0 Å². The molecule has 0 bridgehead atoms. The Kier molecular flexibility index (Phi) is 4.26. The van der Waals surface area contributed by atoms with E-state index in [9.17, 15) is 4.79 Å². The van der Waals surface area contributed by atoms with Gasteiger partial charge in [0.05, 0.1) is 12.3 Å². The fourth-order valence-corrected chi connectivity index (χ4v) is 1.40. The van der Waals surface area contributed by atoms with Crippen LogP contribution in [-0.4, -0.2) is 27.6 Å². The molecule has 1 heterocycles. The smallest absolute Gasteiger partial charge is 0.360 e. The van der Waals surface area contributed by atoms with E-state index in [4.69, 9.17) is 4.74 Å². The Balaban J connectivity index is 2.74. The van der Waals surface area contributed by atoms with Gasteiger partial charge in [-0.1, -0.05) is 26.0 Å². The lowest BCUT2D eigenvalue weighted by molar-refractivity contribution is 0.0518. The molecule has 17 heavy (non-hydrogen) atoms. The van der Waals surface area contributed by atoms with Crippen molar-refractivity contribution in [2.45, 2.75) is 47.6 Å². The van der Waals surface area contributed by atoms with E-state index in [-0.39, 0.29) is 5.41 Å². The average molecular weight is 239 g/mol. The molecule has 0 atom stereocenters. The fourth-order valence-electron chi connectivity index (χ4n) is 1.40. The van der Waals surface area contributed by atoms with Gasteiger partial charge in [0.1, 0.15) is 0 Å². The Morgan fingerprint density at radius 3 is 2.59 bits per heavy atom. The van der Waals surface area contributed by atoms with Gasteiger partial charge in [-0.15, -0.1) is 5.10 Å². The molecule has 0 saturated heterocycles. The first-order valence-electron chi connectivity index (χ1n) is 5.92. The van der Waals surface area contributed by atoms with Crippen LogP contribution < -0.4 is 0 Å². The SMILES string of the molecule is CCOC(=O)c1nnn(CCC(C)(C)C)c1C. The maximum atomic E-state index is 11.5. The molecule has 0 aliphatic carbocycles. The van der Waals surface area contributed by atoms with E-state index in [1.165, 1.54) is 0 Å². The van der Waals surface area contributed by atoms with Crippen molar-refractivity contribution < 1.29 is 9.53 Å². The molecular weight excluding hydrogens is 218 g/mol. The zero-order valence-electron chi connectivity index (χ0n) is 11.3. The van der Waals surface area contributed by atoms with Gasteiger partial charge in [0, 0.05) is 6.54 Å². The summed E-state index contributed by atoms with van der Waals surface area (Å²) in [4.78, 5) is 11.5. The van der Waals surface area contributed by atoms with Crippen LogP contribution in [-0.2, 0) is 11.3 Å². The Hall–Kier alpha value is -1.39. The molecule has 0 amide bonds. The molecule has 0 aliphatic rings. The van der Waals surface area contributed by atoms with Crippen LogP contribution in [0.3, 0.4) is 0 Å². The van der Waals surface area contributed by atoms with E-state index in [0.717, 1.165) is 18.7 Å². The van der Waals surface area contributed by atoms with Gasteiger partial charge in [0.2, 0.25) is 0 Å². The van der Waals surface area contributed by atoms with Crippen molar-refractivity contribution in [3.63, 3.8) is 0 Å². The molecule has 5 heteroatoms. The minimum absolute atomic E-state index is 0.239. The molecular formula is C12H21N3O2. The molecule has 0 aliphatic heterocycles. The number of hydrogen-bond donors (Lipinski definition) is 0. The highest BCUT2D eigenvalue weighted by atomic mass is 16.5. The summed E-state index contributed by atoms with van der Waals surface area (Å²) < 4.78 is 6.67. The van der Waals surface area contributed by atoms with Crippen LogP contribution >= 0.6 is 0 Å². The van der Waals surface area contributed by atoms with Crippen molar-refractivity contribution in [3.8, 4) is 0 Å².